The molecule has 28 heavy (non-hydrogen) atoms. The van der Waals surface area contributed by atoms with Crippen molar-refractivity contribution in [2.75, 3.05) is 19.6 Å². The number of hydrogen-bond donors (Lipinski definition) is 2. The number of fused-ring (bicyclic) bond motifs is 1. The molecule has 2 aromatic carbocycles. The van der Waals surface area contributed by atoms with Crippen LogP contribution in [0, 0.1) is 5.82 Å². The van der Waals surface area contributed by atoms with Crippen LogP contribution in [0.3, 0.4) is 0 Å². The lowest BCUT2D eigenvalue weighted by molar-refractivity contribution is 0.0706. The van der Waals surface area contributed by atoms with Gasteiger partial charge in [0.25, 0.3) is 5.91 Å². The van der Waals surface area contributed by atoms with Crippen LogP contribution in [-0.2, 0) is 0 Å². The fourth-order valence-corrected chi connectivity index (χ4v) is 4.03. The smallest absolute Gasteiger partial charge is 0.274 e. The fraction of sp³-hybridized carbons (Fsp3) is 0.333. The first-order valence-corrected chi connectivity index (χ1v) is 9.55. The Hall–Kier alpha value is -2.77. The van der Waals surface area contributed by atoms with Crippen molar-refractivity contribution < 1.29 is 14.4 Å². The highest BCUT2D eigenvalue weighted by Crippen LogP contribution is 2.33. The second-order valence-electron chi connectivity index (χ2n) is 7.15. The van der Waals surface area contributed by atoms with E-state index in [0.717, 1.165) is 38.0 Å². The van der Waals surface area contributed by atoms with Gasteiger partial charge < -0.3 is 9.47 Å². The van der Waals surface area contributed by atoms with Crippen LogP contribution in [0.5, 0.6) is 0 Å². The summed E-state index contributed by atoms with van der Waals surface area (Å²) in [5, 5.41) is 8.92. The summed E-state index contributed by atoms with van der Waals surface area (Å²) in [6.45, 7) is 5.12. The molecule has 6 nitrogen and oxygen atoms in total. The summed E-state index contributed by atoms with van der Waals surface area (Å²) < 4.78 is 16.1. The van der Waals surface area contributed by atoms with Gasteiger partial charge in [-0.2, -0.15) is 0 Å². The molecule has 1 atom stereocenters. The molecule has 0 radical (unpaired) electrons. The molecule has 2 N–H and O–H groups in total. The van der Waals surface area contributed by atoms with Crippen LogP contribution in [0.4, 0.5) is 4.39 Å². The summed E-state index contributed by atoms with van der Waals surface area (Å²) in [7, 11) is 0. The maximum Gasteiger partial charge on any atom is 0.274 e. The molecule has 1 aliphatic rings. The number of benzene rings is 2. The van der Waals surface area contributed by atoms with Crippen molar-refractivity contribution in [2.45, 2.75) is 25.8 Å². The third-order valence-corrected chi connectivity index (χ3v) is 5.43. The van der Waals surface area contributed by atoms with Crippen molar-refractivity contribution in [3.05, 3.63) is 53.8 Å². The number of rotatable bonds is 4. The molecule has 0 unspecified atom stereocenters. The molecular formula is C21H23FN4O2. The standard InChI is InChI=1S/C21H23FN4O2/c1-2-25-10-4-7-17(13-25)26-19-9-8-15(21(27)24-28)12-18(19)23-20(26)14-5-3-6-16(22)11-14/h3,5-6,8-9,11-12,17,28H,2,4,7,10,13H2,1H3,(H,24,27)/t17-/m1/s1. The molecule has 7 heteroatoms. The highest BCUT2D eigenvalue weighted by molar-refractivity contribution is 5.97. The molecule has 0 spiro atoms. The van der Waals surface area contributed by atoms with Crippen molar-refractivity contribution >= 4 is 16.9 Å². The van der Waals surface area contributed by atoms with Gasteiger partial charge in [0, 0.05) is 23.7 Å². The van der Waals surface area contributed by atoms with Gasteiger partial charge in [-0.15, -0.1) is 0 Å². The number of nitrogens with zero attached hydrogens (tertiary/aromatic N) is 3. The minimum Gasteiger partial charge on any atom is -0.320 e. The van der Waals surface area contributed by atoms with Crippen molar-refractivity contribution in [2.24, 2.45) is 0 Å². The van der Waals surface area contributed by atoms with Crippen LogP contribution in [0.25, 0.3) is 22.4 Å². The lowest BCUT2D eigenvalue weighted by Gasteiger charge is -2.33. The van der Waals surface area contributed by atoms with E-state index in [9.17, 15) is 9.18 Å². The van der Waals surface area contributed by atoms with Crippen molar-refractivity contribution in [1.29, 1.82) is 0 Å². The Morgan fingerprint density at radius 3 is 2.93 bits per heavy atom. The van der Waals surface area contributed by atoms with E-state index < -0.39 is 5.91 Å². The van der Waals surface area contributed by atoms with Crippen molar-refractivity contribution in [3.63, 3.8) is 0 Å². The second-order valence-corrected chi connectivity index (χ2v) is 7.15. The maximum absolute atomic E-state index is 13.9. The Bertz CT molecular complexity index is 1020. The first-order valence-electron chi connectivity index (χ1n) is 9.55. The largest absolute Gasteiger partial charge is 0.320 e. The topological polar surface area (TPSA) is 70.4 Å². The van der Waals surface area contributed by atoms with Gasteiger partial charge in [-0.25, -0.2) is 14.9 Å². The number of likely N-dealkylation sites (tertiary alicyclic amines) is 1. The third-order valence-electron chi connectivity index (χ3n) is 5.43. The van der Waals surface area contributed by atoms with E-state index in [1.807, 2.05) is 12.1 Å². The zero-order valence-electron chi connectivity index (χ0n) is 15.7. The Balaban J connectivity index is 1.88. The first-order chi connectivity index (χ1) is 13.6. The minimum absolute atomic E-state index is 0.217. The molecule has 1 amide bonds. The highest BCUT2D eigenvalue weighted by atomic mass is 19.1. The Labute approximate surface area is 162 Å². The summed E-state index contributed by atoms with van der Waals surface area (Å²) in [5.41, 5.74) is 4.23. The number of hydrogen-bond acceptors (Lipinski definition) is 4. The SMILES string of the molecule is CCN1CCC[C@@H](n2c(-c3cccc(F)c3)nc3cc(C(=O)NO)ccc32)C1. The molecule has 0 saturated carbocycles. The number of carbonyl (C=O) groups is 1. The van der Waals surface area contributed by atoms with Gasteiger partial charge in [0.1, 0.15) is 11.6 Å². The van der Waals surface area contributed by atoms with Crippen molar-refractivity contribution in [1.82, 2.24) is 19.9 Å². The summed E-state index contributed by atoms with van der Waals surface area (Å²) >= 11 is 0. The van der Waals surface area contributed by atoms with Gasteiger partial charge >= 0.3 is 0 Å². The molecule has 4 rings (SSSR count). The molecule has 1 aromatic heterocycles. The average molecular weight is 382 g/mol. The van der Waals surface area contributed by atoms with Crippen LogP contribution in [-0.4, -0.2) is 45.2 Å². The number of aromatic nitrogens is 2. The molecule has 1 fully saturated rings. The molecular weight excluding hydrogens is 359 g/mol. The van der Waals surface area contributed by atoms with Crippen LogP contribution in [0.15, 0.2) is 42.5 Å². The van der Waals surface area contributed by atoms with E-state index >= 15 is 0 Å². The Morgan fingerprint density at radius 2 is 2.18 bits per heavy atom. The van der Waals surface area contributed by atoms with Crippen LogP contribution in [0.1, 0.15) is 36.2 Å². The van der Waals surface area contributed by atoms with E-state index in [4.69, 9.17) is 10.2 Å². The van der Waals surface area contributed by atoms with Gasteiger partial charge in [-0.3, -0.25) is 10.0 Å². The summed E-state index contributed by atoms with van der Waals surface area (Å²) in [6, 6.07) is 11.8. The zero-order chi connectivity index (χ0) is 19.7. The van der Waals surface area contributed by atoms with E-state index in [1.54, 1.807) is 23.7 Å². The van der Waals surface area contributed by atoms with Gasteiger partial charge in [-0.05, 0) is 56.3 Å². The summed E-state index contributed by atoms with van der Waals surface area (Å²) in [5.74, 6) is -0.201. The van der Waals surface area contributed by atoms with Crippen LogP contribution >= 0.6 is 0 Å². The number of halogens is 1. The van der Waals surface area contributed by atoms with Gasteiger partial charge in [-0.1, -0.05) is 19.1 Å². The molecule has 0 bridgehead atoms. The van der Waals surface area contributed by atoms with E-state index in [1.165, 1.54) is 12.1 Å². The van der Waals surface area contributed by atoms with E-state index in [0.29, 0.717) is 22.5 Å². The molecule has 1 saturated heterocycles. The quantitative estimate of drug-likeness (QED) is 0.534. The highest BCUT2D eigenvalue weighted by Gasteiger charge is 2.25. The number of piperidine rings is 1. The van der Waals surface area contributed by atoms with Crippen LogP contribution in [0.2, 0.25) is 0 Å². The predicted octanol–water partition coefficient (Wildman–Crippen LogP) is 3.62. The minimum atomic E-state index is -0.585. The average Bonchev–Trinajstić information content (AvgIpc) is 3.12. The number of carbonyl (C=O) groups excluding carboxylic acids is 1. The normalized spacial score (nSPS) is 17.8. The van der Waals surface area contributed by atoms with Crippen LogP contribution < -0.4 is 5.48 Å². The van der Waals surface area contributed by atoms with Crippen molar-refractivity contribution in [3.8, 4) is 11.4 Å². The monoisotopic (exact) mass is 382 g/mol. The van der Waals surface area contributed by atoms with E-state index in [-0.39, 0.29) is 11.9 Å². The van der Waals surface area contributed by atoms with Gasteiger partial charge in [0.15, 0.2) is 0 Å². The molecule has 146 valence electrons. The summed E-state index contributed by atoms with van der Waals surface area (Å²) in [6.07, 6.45) is 2.11. The molecule has 2 heterocycles. The first kappa shape index (κ1) is 18.6. The number of amides is 1. The number of hydroxylamine groups is 1. The second kappa shape index (κ2) is 7.69. The maximum atomic E-state index is 13.9. The molecule has 1 aliphatic heterocycles. The van der Waals surface area contributed by atoms with Gasteiger partial charge in [0.2, 0.25) is 0 Å². The fourth-order valence-electron chi connectivity index (χ4n) is 4.03. The lowest BCUT2D eigenvalue weighted by atomic mass is 10.0. The van der Waals surface area contributed by atoms with E-state index in [2.05, 4.69) is 16.4 Å². The summed E-state index contributed by atoms with van der Waals surface area (Å²) in [4.78, 5) is 18.9. The Morgan fingerprint density at radius 1 is 1.32 bits per heavy atom. The lowest BCUT2D eigenvalue weighted by Crippen LogP contribution is -2.36. The zero-order valence-corrected chi connectivity index (χ0v) is 15.7. The number of nitrogens with one attached hydrogen (secondary N) is 1. The number of imidazole rings is 1. The Kier molecular flexibility index (Phi) is 5.11. The third kappa shape index (κ3) is 3.39. The predicted molar refractivity (Wildman–Crippen MR) is 105 cm³/mol. The molecule has 0 aliphatic carbocycles. The van der Waals surface area contributed by atoms with Gasteiger partial charge in [0.05, 0.1) is 11.0 Å². The molecule has 3 aromatic rings. The number of likely N-dealkylation sites (N-methyl/N-ethyl adjacent to an activating group) is 1.